The van der Waals surface area contributed by atoms with E-state index in [-0.39, 0.29) is 0 Å². The first-order valence-electron chi connectivity index (χ1n) is 5.72. The van der Waals surface area contributed by atoms with Crippen LogP contribution in [-0.4, -0.2) is 6.04 Å². The lowest BCUT2D eigenvalue weighted by Crippen LogP contribution is -2.25. The van der Waals surface area contributed by atoms with Crippen molar-refractivity contribution in [3.63, 3.8) is 0 Å². The van der Waals surface area contributed by atoms with Crippen molar-refractivity contribution in [1.82, 2.24) is 5.32 Å². The Morgan fingerprint density at radius 2 is 2.00 bits per heavy atom. The minimum absolute atomic E-state index is 0.739. The van der Waals surface area contributed by atoms with Crippen LogP contribution in [0.15, 0.2) is 28.7 Å². The van der Waals surface area contributed by atoms with E-state index in [1.54, 1.807) is 0 Å². The maximum atomic E-state index is 3.63. The highest BCUT2D eigenvalue weighted by molar-refractivity contribution is 9.10. The normalized spacial score (nSPS) is 25.7. The quantitative estimate of drug-likeness (QED) is 0.880. The van der Waals surface area contributed by atoms with Crippen molar-refractivity contribution in [2.24, 2.45) is 5.92 Å². The molecule has 1 N–H and O–H groups in total. The second-order valence-electron chi connectivity index (χ2n) is 4.62. The van der Waals surface area contributed by atoms with E-state index in [1.807, 2.05) is 0 Å². The summed E-state index contributed by atoms with van der Waals surface area (Å²) < 4.78 is 1.15. The van der Waals surface area contributed by atoms with Crippen LogP contribution in [0.4, 0.5) is 0 Å². The average Bonchev–Trinajstić information content (AvgIpc) is 2.64. The van der Waals surface area contributed by atoms with Gasteiger partial charge in [0.25, 0.3) is 0 Å². The van der Waals surface area contributed by atoms with Crippen LogP contribution in [0, 0.1) is 5.92 Å². The minimum atomic E-state index is 0.739. The van der Waals surface area contributed by atoms with Crippen molar-refractivity contribution in [2.75, 3.05) is 0 Å². The predicted molar refractivity (Wildman–Crippen MR) is 67.8 cm³/mol. The van der Waals surface area contributed by atoms with Crippen LogP contribution in [0.3, 0.4) is 0 Å². The van der Waals surface area contributed by atoms with Gasteiger partial charge in [-0.1, -0.05) is 35.0 Å². The van der Waals surface area contributed by atoms with Crippen LogP contribution in [-0.2, 0) is 6.54 Å². The molecule has 0 saturated heterocycles. The smallest absolute Gasteiger partial charge is 0.0208 e. The number of halogens is 1. The van der Waals surface area contributed by atoms with E-state index < -0.39 is 0 Å². The molecule has 0 amide bonds. The van der Waals surface area contributed by atoms with E-state index in [4.69, 9.17) is 0 Å². The third-order valence-electron chi connectivity index (χ3n) is 3.20. The lowest BCUT2D eigenvalue weighted by molar-refractivity contribution is 0.502. The zero-order valence-corrected chi connectivity index (χ0v) is 10.8. The molecule has 1 fully saturated rings. The molecule has 0 aromatic heterocycles. The maximum absolute atomic E-state index is 3.63. The molecule has 2 heteroatoms. The highest BCUT2D eigenvalue weighted by atomic mass is 79.9. The summed E-state index contributed by atoms with van der Waals surface area (Å²) in [5, 5.41) is 3.63. The third-order valence-corrected chi connectivity index (χ3v) is 3.73. The van der Waals surface area contributed by atoms with Gasteiger partial charge in [0.1, 0.15) is 0 Å². The number of benzene rings is 1. The standard InChI is InChI=1S/C13H18BrN/c1-10-2-7-13(8-10)15-9-11-3-5-12(14)6-4-11/h3-6,10,13,15H,2,7-9H2,1H3. The molecule has 1 nitrogen and oxygen atoms in total. The first-order valence-corrected chi connectivity index (χ1v) is 6.51. The Morgan fingerprint density at radius 3 is 2.60 bits per heavy atom. The molecule has 0 spiro atoms. The molecule has 2 rings (SSSR count). The van der Waals surface area contributed by atoms with Gasteiger partial charge >= 0.3 is 0 Å². The second-order valence-corrected chi connectivity index (χ2v) is 5.54. The van der Waals surface area contributed by atoms with Crippen molar-refractivity contribution in [3.8, 4) is 0 Å². The van der Waals surface area contributed by atoms with E-state index in [0.29, 0.717) is 0 Å². The fourth-order valence-corrected chi connectivity index (χ4v) is 2.52. The molecule has 2 unspecified atom stereocenters. The molecule has 0 heterocycles. The lowest BCUT2D eigenvalue weighted by atomic mass is 10.1. The van der Waals surface area contributed by atoms with E-state index in [1.165, 1.54) is 24.8 Å². The maximum Gasteiger partial charge on any atom is 0.0208 e. The molecule has 2 atom stereocenters. The Kier molecular flexibility index (Phi) is 3.81. The number of nitrogens with one attached hydrogen (secondary N) is 1. The summed E-state index contributed by atoms with van der Waals surface area (Å²) in [7, 11) is 0. The van der Waals surface area contributed by atoms with Gasteiger partial charge in [0.15, 0.2) is 0 Å². The molecule has 15 heavy (non-hydrogen) atoms. The Hall–Kier alpha value is -0.340. The van der Waals surface area contributed by atoms with Crippen molar-refractivity contribution in [2.45, 2.75) is 38.8 Å². The third kappa shape index (κ3) is 3.32. The van der Waals surface area contributed by atoms with Crippen LogP contribution < -0.4 is 5.32 Å². The Balaban J connectivity index is 1.80. The molecule has 0 radical (unpaired) electrons. The minimum Gasteiger partial charge on any atom is -0.310 e. The van der Waals surface area contributed by atoms with E-state index in [2.05, 4.69) is 52.4 Å². The topological polar surface area (TPSA) is 12.0 Å². The van der Waals surface area contributed by atoms with Crippen LogP contribution in [0.1, 0.15) is 31.7 Å². The number of hydrogen-bond donors (Lipinski definition) is 1. The fourth-order valence-electron chi connectivity index (χ4n) is 2.26. The van der Waals surface area contributed by atoms with E-state index in [9.17, 15) is 0 Å². The van der Waals surface area contributed by atoms with E-state index in [0.717, 1.165) is 23.0 Å². The van der Waals surface area contributed by atoms with Gasteiger partial charge in [-0.3, -0.25) is 0 Å². The molecule has 82 valence electrons. The molecule has 1 saturated carbocycles. The summed E-state index contributed by atoms with van der Waals surface area (Å²) in [6, 6.07) is 9.30. The van der Waals surface area contributed by atoms with Gasteiger partial charge in [-0.25, -0.2) is 0 Å². The van der Waals surface area contributed by atoms with Gasteiger partial charge in [0.2, 0.25) is 0 Å². The summed E-state index contributed by atoms with van der Waals surface area (Å²) in [5.74, 6) is 0.910. The second kappa shape index (κ2) is 5.13. The predicted octanol–water partition coefficient (Wildman–Crippen LogP) is 3.73. The summed E-state index contributed by atoms with van der Waals surface area (Å²) in [6.07, 6.45) is 4.08. The van der Waals surface area contributed by atoms with Gasteiger partial charge in [0.05, 0.1) is 0 Å². The van der Waals surface area contributed by atoms with Gasteiger partial charge < -0.3 is 5.32 Å². The summed E-state index contributed by atoms with van der Waals surface area (Å²) in [5.41, 5.74) is 1.37. The van der Waals surface area contributed by atoms with Gasteiger partial charge in [-0.05, 0) is 42.9 Å². The zero-order chi connectivity index (χ0) is 10.7. The first-order chi connectivity index (χ1) is 7.24. The molecule has 1 aliphatic carbocycles. The van der Waals surface area contributed by atoms with Crippen LogP contribution >= 0.6 is 15.9 Å². The molecular weight excluding hydrogens is 250 g/mol. The van der Waals surface area contributed by atoms with Crippen LogP contribution in [0.2, 0.25) is 0 Å². The van der Waals surface area contributed by atoms with Crippen molar-refractivity contribution < 1.29 is 0 Å². The van der Waals surface area contributed by atoms with E-state index >= 15 is 0 Å². The summed E-state index contributed by atoms with van der Waals surface area (Å²) >= 11 is 3.45. The first kappa shape index (κ1) is 11.2. The molecule has 1 aliphatic rings. The molecule has 1 aromatic carbocycles. The highest BCUT2D eigenvalue weighted by Gasteiger charge is 2.20. The largest absolute Gasteiger partial charge is 0.310 e. The fraction of sp³-hybridized carbons (Fsp3) is 0.538. The van der Waals surface area contributed by atoms with Crippen LogP contribution in [0.5, 0.6) is 0 Å². The SMILES string of the molecule is CC1CCC(NCc2ccc(Br)cc2)C1. The molecule has 0 aliphatic heterocycles. The van der Waals surface area contributed by atoms with Gasteiger partial charge in [0, 0.05) is 17.1 Å². The molecular formula is C13H18BrN. The number of hydrogen-bond acceptors (Lipinski definition) is 1. The summed E-state index contributed by atoms with van der Waals surface area (Å²) in [6.45, 7) is 3.35. The average molecular weight is 268 g/mol. The van der Waals surface area contributed by atoms with Crippen molar-refractivity contribution in [3.05, 3.63) is 34.3 Å². The zero-order valence-electron chi connectivity index (χ0n) is 9.17. The van der Waals surface area contributed by atoms with Crippen molar-refractivity contribution in [1.29, 1.82) is 0 Å². The number of rotatable bonds is 3. The van der Waals surface area contributed by atoms with Crippen LogP contribution in [0.25, 0.3) is 0 Å². The van der Waals surface area contributed by atoms with Gasteiger partial charge in [-0.2, -0.15) is 0 Å². The van der Waals surface area contributed by atoms with Gasteiger partial charge in [-0.15, -0.1) is 0 Å². The van der Waals surface area contributed by atoms with Crippen molar-refractivity contribution >= 4 is 15.9 Å². The summed E-state index contributed by atoms with van der Waals surface area (Å²) in [4.78, 5) is 0. The Morgan fingerprint density at radius 1 is 1.27 bits per heavy atom. The Bertz CT molecular complexity index is 307. The highest BCUT2D eigenvalue weighted by Crippen LogP contribution is 2.24. The monoisotopic (exact) mass is 267 g/mol. The Labute approximate surface area is 100 Å². The lowest BCUT2D eigenvalue weighted by Gasteiger charge is -2.12. The molecule has 0 bridgehead atoms. The molecule has 1 aromatic rings.